The van der Waals surface area contributed by atoms with Gasteiger partial charge in [-0.05, 0) is 30.7 Å². The number of amides is 2. The Labute approximate surface area is 126 Å². The highest BCUT2D eigenvalue weighted by Crippen LogP contribution is 2.25. The van der Waals surface area contributed by atoms with Gasteiger partial charge in [0.1, 0.15) is 5.00 Å². The molecule has 0 atom stereocenters. The van der Waals surface area contributed by atoms with E-state index in [1.54, 1.807) is 11.4 Å². The van der Waals surface area contributed by atoms with E-state index < -0.39 is 11.9 Å². The highest BCUT2D eigenvalue weighted by atomic mass is 32.1. The van der Waals surface area contributed by atoms with Gasteiger partial charge in [-0.15, -0.1) is 11.3 Å². The second-order valence-electron chi connectivity index (χ2n) is 5.04. The number of thiophene rings is 1. The number of carbonyl (C=O) groups is 3. The zero-order valence-electron chi connectivity index (χ0n) is 11.5. The normalized spacial score (nSPS) is 14.9. The standard InChI is InChI=1S/C14H18N2O4S/c17-11(5-6-12(18)19)16-14-10(7-8-21-14)13(20)15-9-3-1-2-4-9/h7-9H,1-6H2,(H,15,20)(H,16,17)(H,18,19)/p-1. The monoisotopic (exact) mass is 309 g/mol. The fraction of sp³-hybridized carbons (Fsp3) is 0.500. The van der Waals surface area contributed by atoms with E-state index in [2.05, 4.69) is 10.6 Å². The van der Waals surface area contributed by atoms with Crippen LogP contribution in [0.4, 0.5) is 5.00 Å². The van der Waals surface area contributed by atoms with Crippen molar-refractivity contribution in [1.29, 1.82) is 0 Å². The third kappa shape index (κ3) is 4.56. The Morgan fingerprint density at radius 3 is 2.62 bits per heavy atom. The van der Waals surface area contributed by atoms with Crippen LogP contribution in [0.2, 0.25) is 0 Å². The molecule has 1 aromatic heterocycles. The Morgan fingerprint density at radius 2 is 1.95 bits per heavy atom. The van der Waals surface area contributed by atoms with Crippen LogP contribution in [0.3, 0.4) is 0 Å². The Kier molecular flexibility index (Phi) is 5.32. The topological polar surface area (TPSA) is 98.3 Å². The molecule has 1 fully saturated rings. The van der Waals surface area contributed by atoms with Gasteiger partial charge in [0.2, 0.25) is 5.91 Å². The van der Waals surface area contributed by atoms with Crippen LogP contribution in [0.5, 0.6) is 0 Å². The molecule has 1 aromatic rings. The van der Waals surface area contributed by atoms with Gasteiger partial charge in [-0.2, -0.15) is 0 Å². The molecule has 0 aliphatic heterocycles. The molecule has 7 heteroatoms. The fourth-order valence-corrected chi connectivity index (χ4v) is 3.12. The van der Waals surface area contributed by atoms with Crippen LogP contribution < -0.4 is 15.7 Å². The van der Waals surface area contributed by atoms with Gasteiger partial charge in [0.25, 0.3) is 5.91 Å². The number of nitrogens with one attached hydrogen (secondary N) is 2. The van der Waals surface area contributed by atoms with Crippen molar-refractivity contribution >= 4 is 34.1 Å². The smallest absolute Gasteiger partial charge is 0.254 e. The van der Waals surface area contributed by atoms with Crippen molar-refractivity contribution in [1.82, 2.24) is 5.32 Å². The summed E-state index contributed by atoms with van der Waals surface area (Å²) in [6.07, 6.45) is 3.74. The summed E-state index contributed by atoms with van der Waals surface area (Å²) in [5.74, 6) is -1.90. The SMILES string of the molecule is O=C([O-])CCC(=O)Nc1sccc1C(=O)NC1CCCC1. The van der Waals surface area contributed by atoms with Crippen molar-refractivity contribution in [2.75, 3.05) is 5.32 Å². The van der Waals surface area contributed by atoms with Gasteiger partial charge in [-0.25, -0.2) is 0 Å². The Bertz CT molecular complexity index is 535. The maximum Gasteiger partial charge on any atom is 0.254 e. The van der Waals surface area contributed by atoms with Crippen molar-refractivity contribution in [2.45, 2.75) is 44.6 Å². The first-order valence-corrected chi connectivity index (χ1v) is 7.82. The molecule has 1 heterocycles. The molecule has 1 aliphatic carbocycles. The van der Waals surface area contributed by atoms with Gasteiger partial charge in [-0.1, -0.05) is 12.8 Å². The van der Waals surface area contributed by atoms with Gasteiger partial charge in [-0.3, -0.25) is 9.59 Å². The minimum Gasteiger partial charge on any atom is -0.550 e. The molecule has 1 saturated carbocycles. The minimum absolute atomic E-state index is 0.163. The first-order chi connectivity index (χ1) is 10.1. The lowest BCUT2D eigenvalue weighted by molar-refractivity contribution is -0.305. The second kappa shape index (κ2) is 7.21. The van der Waals surface area contributed by atoms with E-state index in [9.17, 15) is 19.5 Å². The Hall–Kier alpha value is -1.89. The zero-order valence-corrected chi connectivity index (χ0v) is 12.3. The van der Waals surface area contributed by atoms with Crippen LogP contribution in [0.1, 0.15) is 48.9 Å². The van der Waals surface area contributed by atoms with Crippen molar-refractivity contribution in [2.24, 2.45) is 0 Å². The quantitative estimate of drug-likeness (QED) is 0.815. The van der Waals surface area contributed by atoms with Crippen LogP contribution in [-0.2, 0) is 9.59 Å². The summed E-state index contributed by atoms with van der Waals surface area (Å²) in [7, 11) is 0. The molecule has 0 radical (unpaired) electrons. The number of anilines is 1. The van der Waals surface area contributed by atoms with Crippen LogP contribution in [0.25, 0.3) is 0 Å². The number of rotatable bonds is 6. The number of hydrogen-bond acceptors (Lipinski definition) is 5. The summed E-state index contributed by atoms with van der Waals surface area (Å²) >= 11 is 1.24. The summed E-state index contributed by atoms with van der Waals surface area (Å²) < 4.78 is 0. The van der Waals surface area contributed by atoms with Crippen LogP contribution in [0.15, 0.2) is 11.4 Å². The maximum absolute atomic E-state index is 12.2. The van der Waals surface area contributed by atoms with Gasteiger partial charge in [0.15, 0.2) is 0 Å². The molecule has 1 aliphatic rings. The van der Waals surface area contributed by atoms with E-state index in [1.165, 1.54) is 11.3 Å². The average molecular weight is 309 g/mol. The molecule has 0 spiro atoms. The van der Waals surface area contributed by atoms with Gasteiger partial charge < -0.3 is 20.5 Å². The highest BCUT2D eigenvalue weighted by molar-refractivity contribution is 7.14. The number of carboxylic acids is 1. The molecular weight excluding hydrogens is 292 g/mol. The summed E-state index contributed by atoms with van der Waals surface area (Å²) in [5.41, 5.74) is 0.425. The second-order valence-corrected chi connectivity index (χ2v) is 5.95. The maximum atomic E-state index is 12.2. The van der Waals surface area contributed by atoms with E-state index in [0.29, 0.717) is 10.6 Å². The van der Waals surface area contributed by atoms with Gasteiger partial charge >= 0.3 is 0 Å². The van der Waals surface area contributed by atoms with Crippen molar-refractivity contribution < 1.29 is 19.5 Å². The molecular formula is C14H17N2O4S-. The molecule has 21 heavy (non-hydrogen) atoms. The van der Waals surface area contributed by atoms with E-state index >= 15 is 0 Å². The van der Waals surface area contributed by atoms with Gasteiger partial charge in [0.05, 0.1) is 5.56 Å². The Morgan fingerprint density at radius 1 is 1.24 bits per heavy atom. The van der Waals surface area contributed by atoms with Crippen LogP contribution in [-0.4, -0.2) is 23.8 Å². The first-order valence-electron chi connectivity index (χ1n) is 6.94. The molecule has 2 N–H and O–H groups in total. The third-order valence-corrected chi connectivity index (χ3v) is 4.24. The molecule has 114 valence electrons. The molecule has 6 nitrogen and oxygen atoms in total. The van der Waals surface area contributed by atoms with Crippen LogP contribution in [0, 0.1) is 0 Å². The van der Waals surface area contributed by atoms with Crippen molar-refractivity contribution in [3.05, 3.63) is 17.0 Å². The molecule has 0 saturated heterocycles. The molecule has 2 rings (SSSR count). The molecule has 2 amide bonds. The van der Waals surface area contributed by atoms with Crippen molar-refractivity contribution in [3.8, 4) is 0 Å². The predicted octanol–water partition coefficient (Wildman–Crippen LogP) is 0.889. The number of carboxylic acid groups (broad SMARTS) is 1. The van der Waals surface area contributed by atoms with E-state index in [-0.39, 0.29) is 24.8 Å². The number of carbonyl (C=O) groups excluding carboxylic acids is 3. The molecule has 0 aromatic carbocycles. The molecule has 0 bridgehead atoms. The lowest BCUT2D eigenvalue weighted by Crippen LogP contribution is -2.32. The van der Waals surface area contributed by atoms with E-state index in [1.807, 2.05) is 0 Å². The average Bonchev–Trinajstić information content (AvgIpc) is 3.07. The largest absolute Gasteiger partial charge is 0.550 e. The molecule has 0 unspecified atom stereocenters. The zero-order chi connectivity index (χ0) is 15.2. The summed E-state index contributed by atoms with van der Waals surface area (Å²) in [4.78, 5) is 34.1. The predicted molar refractivity (Wildman–Crippen MR) is 76.9 cm³/mol. The van der Waals surface area contributed by atoms with Crippen molar-refractivity contribution in [3.63, 3.8) is 0 Å². The number of aliphatic carboxylic acids is 1. The fourth-order valence-electron chi connectivity index (χ4n) is 2.32. The lowest BCUT2D eigenvalue weighted by atomic mass is 10.2. The third-order valence-electron chi connectivity index (χ3n) is 3.41. The van der Waals surface area contributed by atoms with E-state index in [0.717, 1.165) is 25.7 Å². The number of hydrogen-bond donors (Lipinski definition) is 2. The first kappa shape index (κ1) is 15.5. The summed E-state index contributed by atoms with van der Waals surface area (Å²) in [6, 6.07) is 1.86. The lowest BCUT2D eigenvalue weighted by Gasteiger charge is -2.12. The van der Waals surface area contributed by atoms with E-state index in [4.69, 9.17) is 0 Å². The highest BCUT2D eigenvalue weighted by Gasteiger charge is 2.20. The minimum atomic E-state index is -1.27. The van der Waals surface area contributed by atoms with Crippen LogP contribution >= 0.6 is 11.3 Å². The summed E-state index contributed by atoms with van der Waals surface area (Å²) in [5, 5.41) is 18.0. The Balaban J connectivity index is 1.92. The summed E-state index contributed by atoms with van der Waals surface area (Å²) in [6.45, 7) is 0. The van der Waals surface area contributed by atoms with Gasteiger partial charge in [0, 0.05) is 18.4 Å².